The van der Waals surface area contributed by atoms with Crippen LogP contribution in [0.3, 0.4) is 0 Å². The fourth-order valence-corrected chi connectivity index (χ4v) is 3.12. The number of nitrogens with one attached hydrogen (secondary N) is 2. The van der Waals surface area contributed by atoms with E-state index in [0.717, 1.165) is 11.4 Å². The Kier molecular flexibility index (Phi) is 4.95. The van der Waals surface area contributed by atoms with E-state index in [0.29, 0.717) is 21.4 Å². The van der Waals surface area contributed by atoms with Crippen molar-refractivity contribution >= 4 is 33.8 Å². The minimum atomic E-state index is -0.404. The first-order valence-electron chi connectivity index (χ1n) is 7.50. The number of aromatic nitrogens is 1. The molecule has 5 nitrogen and oxygen atoms in total. The third kappa shape index (κ3) is 4.13. The van der Waals surface area contributed by atoms with Gasteiger partial charge in [-0.25, -0.2) is 9.37 Å². The number of aryl methyl sites for hydroxylation is 1. The first kappa shape index (κ1) is 16.9. The van der Waals surface area contributed by atoms with E-state index in [2.05, 4.69) is 15.6 Å². The first-order chi connectivity index (χ1) is 12.0. The topological polar surface area (TPSA) is 63.2 Å². The van der Waals surface area contributed by atoms with Gasteiger partial charge in [-0.2, -0.15) is 0 Å². The number of nitrogens with zero attached hydrogens (tertiary/aromatic N) is 1. The zero-order chi connectivity index (χ0) is 17.8. The largest absolute Gasteiger partial charge is 0.497 e. The monoisotopic (exact) mass is 357 g/mol. The van der Waals surface area contributed by atoms with Crippen molar-refractivity contribution in [3.05, 3.63) is 64.9 Å². The molecule has 0 saturated heterocycles. The van der Waals surface area contributed by atoms with E-state index in [9.17, 15) is 9.18 Å². The summed E-state index contributed by atoms with van der Waals surface area (Å²) in [5, 5.41) is 6.43. The van der Waals surface area contributed by atoms with E-state index in [1.54, 1.807) is 26.2 Å². The highest BCUT2D eigenvalue weighted by atomic mass is 32.1. The quantitative estimate of drug-likeness (QED) is 0.701. The summed E-state index contributed by atoms with van der Waals surface area (Å²) in [6.07, 6.45) is 0. The number of hydrogen-bond acceptors (Lipinski definition) is 5. The molecule has 0 bridgehead atoms. The maximum absolute atomic E-state index is 13.2. The van der Waals surface area contributed by atoms with Gasteiger partial charge in [-0.15, -0.1) is 0 Å². The summed E-state index contributed by atoms with van der Waals surface area (Å²) in [6, 6.07) is 13.2. The summed E-state index contributed by atoms with van der Waals surface area (Å²) in [4.78, 5) is 17.2. The van der Waals surface area contributed by atoms with Gasteiger partial charge >= 0.3 is 0 Å². The van der Waals surface area contributed by atoms with Gasteiger partial charge in [0.15, 0.2) is 5.13 Å². The average molecular weight is 357 g/mol. The zero-order valence-corrected chi connectivity index (χ0v) is 14.5. The minimum absolute atomic E-state index is 0.320. The van der Waals surface area contributed by atoms with Crippen LogP contribution in [0.15, 0.2) is 48.5 Å². The van der Waals surface area contributed by atoms with Gasteiger partial charge in [0, 0.05) is 17.4 Å². The Morgan fingerprint density at radius 2 is 1.92 bits per heavy atom. The molecule has 0 aliphatic carbocycles. The molecule has 0 aliphatic heterocycles. The van der Waals surface area contributed by atoms with Gasteiger partial charge in [-0.05, 0) is 37.3 Å². The number of anilines is 3. The number of amides is 1. The van der Waals surface area contributed by atoms with Gasteiger partial charge in [0.05, 0.1) is 12.8 Å². The fourth-order valence-electron chi connectivity index (χ4n) is 2.24. The van der Waals surface area contributed by atoms with Crippen LogP contribution in [-0.2, 0) is 0 Å². The van der Waals surface area contributed by atoms with Crippen molar-refractivity contribution in [1.29, 1.82) is 0 Å². The van der Waals surface area contributed by atoms with Gasteiger partial charge in [0.2, 0.25) is 0 Å². The van der Waals surface area contributed by atoms with Crippen LogP contribution in [0.4, 0.5) is 20.9 Å². The summed E-state index contributed by atoms with van der Waals surface area (Å²) >= 11 is 1.23. The molecule has 3 aromatic rings. The molecule has 0 spiro atoms. The van der Waals surface area contributed by atoms with E-state index < -0.39 is 5.82 Å². The van der Waals surface area contributed by atoms with E-state index in [1.807, 2.05) is 24.3 Å². The van der Waals surface area contributed by atoms with Crippen molar-refractivity contribution in [3.8, 4) is 5.75 Å². The van der Waals surface area contributed by atoms with E-state index >= 15 is 0 Å². The van der Waals surface area contributed by atoms with Crippen molar-refractivity contribution in [2.45, 2.75) is 6.92 Å². The summed E-state index contributed by atoms with van der Waals surface area (Å²) in [6.45, 7) is 1.76. The predicted octanol–water partition coefficient (Wildman–Crippen LogP) is 4.60. The summed E-state index contributed by atoms with van der Waals surface area (Å²) in [5.41, 5.74) is 1.81. The van der Waals surface area contributed by atoms with Crippen LogP contribution < -0.4 is 15.4 Å². The highest BCUT2D eigenvalue weighted by Crippen LogP contribution is 2.28. The number of benzene rings is 2. The lowest BCUT2D eigenvalue weighted by molar-refractivity contribution is 0.103. The molecule has 3 rings (SSSR count). The van der Waals surface area contributed by atoms with Gasteiger partial charge < -0.3 is 15.4 Å². The molecule has 2 aromatic carbocycles. The molecule has 0 unspecified atom stereocenters. The molecule has 25 heavy (non-hydrogen) atoms. The van der Waals surface area contributed by atoms with E-state index in [4.69, 9.17) is 4.74 Å². The van der Waals surface area contributed by atoms with Gasteiger partial charge in [0.25, 0.3) is 5.91 Å². The van der Waals surface area contributed by atoms with Crippen molar-refractivity contribution in [1.82, 2.24) is 4.98 Å². The second-order valence-corrected chi connectivity index (χ2v) is 6.25. The molecule has 2 N–H and O–H groups in total. The standard InChI is InChI=1S/C18H16FN3O2S/c1-11-16(17(23)21-13-6-3-5-12(19)9-13)25-18(20-11)22-14-7-4-8-15(10-14)24-2/h3-10H,1-2H3,(H,20,22)(H,21,23). The zero-order valence-electron chi connectivity index (χ0n) is 13.7. The smallest absolute Gasteiger partial charge is 0.267 e. The maximum Gasteiger partial charge on any atom is 0.267 e. The van der Waals surface area contributed by atoms with Gasteiger partial charge in [0.1, 0.15) is 16.4 Å². The van der Waals surface area contributed by atoms with Crippen LogP contribution in [0.1, 0.15) is 15.4 Å². The molecule has 1 amide bonds. The molecule has 128 valence electrons. The Labute approximate surface area is 148 Å². The summed E-state index contributed by atoms with van der Waals surface area (Å²) in [7, 11) is 1.60. The second kappa shape index (κ2) is 7.31. The van der Waals surface area contributed by atoms with Crippen molar-refractivity contribution in [3.63, 3.8) is 0 Å². The minimum Gasteiger partial charge on any atom is -0.497 e. The lowest BCUT2D eigenvalue weighted by Gasteiger charge is -2.05. The summed E-state index contributed by atoms with van der Waals surface area (Å²) < 4.78 is 18.4. The molecule has 0 fully saturated rings. The van der Waals surface area contributed by atoms with Crippen LogP contribution in [0, 0.1) is 12.7 Å². The normalized spacial score (nSPS) is 10.4. The first-order valence-corrected chi connectivity index (χ1v) is 8.32. The highest BCUT2D eigenvalue weighted by molar-refractivity contribution is 7.17. The average Bonchev–Trinajstić information content (AvgIpc) is 2.95. The van der Waals surface area contributed by atoms with Crippen LogP contribution >= 0.6 is 11.3 Å². The molecule has 1 heterocycles. The third-order valence-corrected chi connectivity index (χ3v) is 4.48. The highest BCUT2D eigenvalue weighted by Gasteiger charge is 2.16. The Hall–Kier alpha value is -2.93. The lowest BCUT2D eigenvalue weighted by atomic mass is 10.3. The predicted molar refractivity (Wildman–Crippen MR) is 97.5 cm³/mol. The van der Waals surface area contributed by atoms with Crippen molar-refractivity contribution in [2.75, 3.05) is 17.7 Å². The molecule has 0 atom stereocenters. The molecule has 7 heteroatoms. The fraction of sp³-hybridized carbons (Fsp3) is 0.111. The number of hydrogen-bond donors (Lipinski definition) is 2. The number of carbonyl (C=O) groups excluding carboxylic acids is 1. The van der Waals surface area contributed by atoms with Gasteiger partial charge in [-0.3, -0.25) is 4.79 Å². The molecule has 0 saturated carbocycles. The Morgan fingerprint density at radius 3 is 2.68 bits per heavy atom. The summed E-state index contributed by atoms with van der Waals surface area (Å²) in [5.74, 6) is 0.000785. The maximum atomic E-state index is 13.2. The number of thiazole rings is 1. The molecule has 0 aliphatic rings. The number of carbonyl (C=O) groups is 1. The Bertz CT molecular complexity index is 911. The third-order valence-electron chi connectivity index (χ3n) is 3.41. The van der Waals surface area contributed by atoms with Gasteiger partial charge in [-0.1, -0.05) is 23.5 Å². The molecular formula is C18H16FN3O2S. The van der Waals surface area contributed by atoms with Crippen molar-refractivity contribution in [2.24, 2.45) is 0 Å². The number of ether oxygens (including phenoxy) is 1. The Balaban J connectivity index is 1.76. The van der Waals surface area contributed by atoms with Crippen LogP contribution in [0.5, 0.6) is 5.75 Å². The van der Waals surface area contributed by atoms with Crippen molar-refractivity contribution < 1.29 is 13.9 Å². The second-order valence-electron chi connectivity index (χ2n) is 5.25. The van der Waals surface area contributed by atoms with E-state index in [1.165, 1.54) is 23.5 Å². The molecular weight excluding hydrogens is 341 g/mol. The number of methoxy groups -OCH3 is 1. The number of halogens is 1. The lowest BCUT2D eigenvalue weighted by Crippen LogP contribution is -2.11. The van der Waals surface area contributed by atoms with E-state index in [-0.39, 0.29) is 5.91 Å². The Morgan fingerprint density at radius 1 is 1.16 bits per heavy atom. The molecule has 0 radical (unpaired) electrons. The van der Waals surface area contributed by atoms with Crippen LogP contribution in [-0.4, -0.2) is 18.0 Å². The molecule has 1 aromatic heterocycles. The van der Waals surface area contributed by atoms with Crippen LogP contribution in [0.2, 0.25) is 0 Å². The van der Waals surface area contributed by atoms with Crippen LogP contribution in [0.25, 0.3) is 0 Å². The number of rotatable bonds is 5. The SMILES string of the molecule is COc1cccc(Nc2nc(C)c(C(=O)Nc3cccc(F)c3)s2)c1.